The van der Waals surface area contributed by atoms with Crippen LogP contribution in [0.1, 0.15) is 13.3 Å². The fraction of sp³-hybridized carbons (Fsp3) is 0.875. The fourth-order valence-electron chi connectivity index (χ4n) is 0.792. The SMILES string of the molecule is CC[N+](C)(C)CCCN=C=N. The third-order valence-corrected chi connectivity index (χ3v) is 1.97. The first kappa shape index (κ1) is 10.3. The van der Waals surface area contributed by atoms with Gasteiger partial charge in [0.15, 0.2) is 0 Å². The summed E-state index contributed by atoms with van der Waals surface area (Å²) in [5, 5.41) is 6.56. The largest absolute Gasteiger partial charge is 0.329 e. The second-order valence-electron chi connectivity index (χ2n) is 3.32. The highest BCUT2D eigenvalue weighted by molar-refractivity contribution is 5.35. The molecular weight excluding hydrogens is 138 g/mol. The average Bonchev–Trinajstić information content (AvgIpc) is 1.99. The predicted molar refractivity (Wildman–Crippen MR) is 47.2 cm³/mol. The zero-order valence-electron chi connectivity index (χ0n) is 7.72. The number of nitrogens with zero attached hydrogens (tertiary/aromatic N) is 2. The topological polar surface area (TPSA) is 36.2 Å². The van der Waals surface area contributed by atoms with Gasteiger partial charge in [-0.2, -0.15) is 0 Å². The molecule has 0 saturated carbocycles. The van der Waals surface area contributed by atoms with Crippen LogP contribution in [0.4, 0.5) is 0 Å². The molecule has 0 heterocycles. The number of hydrogen-bond donors (Lipinski definition) is 1. The normalized spacial score (nSPS) is 10.8. The van der Waals surface area contributed by atoms with Gasteiger partial charge in [0.05, 0.1) is 39.7 Å². The molecule has 0 amide bonds. The molecule has 0 aromatic heterocycles. The number of rotatable bonds is 5. The van der Waals surface area contributed by atoms with Crippen molar-refractivity contribution in [2.75, 3.05) is 33.7 Å². The van der Waals surface area contributed by atoms with Crippen molar-refractivity contribution in [1.82, 2.24) is 0 Å². The van der Waals surface area contributed by atoms with Crippen LogP contribution in [0.2, 0.25) is 0 Å². The van der Waals surface area contributed by atoms with Crippen molar-refractivity contribution >= 4 is 6.01 Å². The van der Waals surface area contributed by atoms with E-state index in [0.717, 1.165) is 30.5 Å². The zero-order valence-corrected chi connectivity index (χ0v) is 7.72. The smallest absolute Gasteiger partial charge is 0.0861 e. The quantitative estimate of drug-likeness (QED) is 0.353. The number of hydrogen-bond acceptors (Lipinski definition) is 2. The van der Waals surface area contributed by atoms with Gasteiger partial charge in [-0.3, -0.25) is 0 Å². The summed E-state index contributed by atoms with van der Waals surface area (Å²) < 4.78 is 1.04. The Morgan fingerprint density at radius 3 is 2.55 bits per heavy atom. The second kappa shape index (κ2) is 5.05. The van der Waals surface area contributed by atoms with E-state index in [1.54, 1.807) is 0 Å². The summed E-state index contributed by atoms with van der Waals surface area (Å²) in [6.07, 6.45) is 1.05. The van der Waals surface area contributed by atoms with Crippen molar-refractivity contribution in [3.8, 4) is 0 Å². The van der Waals surface area contributed by atoms with Crippen LogP contribution in [0.5, 0.6) is 0 Å². The van der Waals surface area contributed by atoms with Crippen LogP contribution < -0.4 is 0 Å². The lowest BCUT2D eigenvalue weighted by molar-refractivity contribution is -0.888. The lowest BCUT2D eigenvalue weighted by Gasteiger charge is -2.27. The first-order valence-corrected chi connectivity index (χ1v) is 4.02. The van der Waals surface area contributed by atoms with Gasteiger partial charge in [0.2, 0.25) is 0 Å². The fourth-order valence-corrected chi connectivity index (χ4v) is 0.792. The molecule has 0 aliphatic rings. The van der Waals surface area contributed by atoms with E-state index in [1.165, 1.54) is 0 Å². The minimum absolute atomic E-state index is 0.741. The number of quaternary nitrogens is 1. The van der Waals surface area contributed by atoms with E-state index in [1.807, 2.05) is 6.01 Å². The van der Waals surface area contributed by atoms with Crippen LogP contribution in [0, 0.1) is 5.41 Å². The van der Waals surface area contributed by atoms with Crippen molar-refractivity contribution in [3.05, 3.63) is 0 Å². The summed E-state index contributed by atoms with van der Waals surface area (Å²) in [6.45, 7) is 5.20. The maximum atomic E-state index is 6.56. The molecule has 0 fully saturated rings. The standard InChI is InChI=1S/C8H18N3/c1-4-11(2,3)7-5-6-10-8-9/h9H,4-7H2,1-3H3/q+1. The maximum absolute atomic E-state index is 6.56. The highest BCUT2D eigenvalue weighted by atomic mass is 15.3. The van der Waals surface area contributed by atoms with Crippen molar-refractivity contribution in [1.29, 1.82) is 5.41 Å². The monoisotopic (exact) mass is 156 g/mol. The van der Waals surface area contributed by atoms with Crippen LogP contribution in [0.25, 0.3) is 0 Å². The maximum Gasteiger partial charge on any atom is 0.0861 e. The molecule has 0 atom stereocenters. The van der Waals surface area contributed by atoms with Crippen molar-refractivity contribution in [3.63, 3.8) is 0 Å². The molecular formula is C8H18N3+. The third kappa shape index (κ3) is 5.77. The lowest BCUT2D eigenvalue weighted by Crippen LogP contribution is -2.40. The van der Waals surface area contributed by atoms with Crippen LogP contribution in [0.3, 0.4) is 0 Å². The van der Waals surface area contributed by atoms with Gasteiger partial charge < -0.3 is 4.48 Å². The molecule has 11 heavy (non-hydrogen) atoms. The van der Waals surface area contributed by atoms with E-state index < -0.39 is 0 Å². The molecule has 0 aromatic carbocycles. The summed E-state index contributed by atoms with van der Waals surface area (Å²) in [5.74, 6) is 0. The Bertz CT molecular complexity index is 145. The first-order valence-electron chi connectivity index (χ1n) is 4.02. The highest BCUT2D eigenvalue weighted by Crippen LogP contribution is 1.97. The Hall–Kier alpha value is -0.660. The van der Waals surface area contributed by atoms with Crippen molar-refractivity contribution < 1.29 is 4.48 Å². The molecule has 0 unspecified atom stereocenters. The molecule has 3 nitrogen and oxygen atoms in total. The van der Waals surface area contributed by atoms with Crippen molar-refractivity contribution in [2.45, 2.75) is 13.3 Å². The molecule has 0 spiro atoms. The van der Waals surface area contributed by atoms with E-state index in [-0.39, 0.29) is 0 Å². The predicted octanol–water partition coefficient (Wildman–Crippen LogP) is 1.23. The van der Waals surface area contributed by atoms with Crippen molar-refractivity contribution in [2.24, 2.45) is 4.99 Å². The van der Waals surface area contributed by atoms with E-state index in [2.05, 4.69) is 26.0 Å². The second-order valence-corrected chi connectivity index (χ2v) is 3.32. The minimum atomic E-state index is 0.741. The number of aliphatic imine (C=N–C) groups is 1. The molecule has 0 aromatic rings. The van der Waals surface area contributed by atoms with Gasteiger partial charge in [0.25, 0.3) is 0 Å². The minimum Gasteiger partial charge on any atom is -0.329 e. The van der Waals surface area contributed by atoms with Crippen LogP contribution in [-0.2, 0) is 0 Å². The summed E-state index contributed by atoms with van der Waals surface area (Å²) in [6, 6.07) is 2.04. The molecule has 0 aliphatic carbocycles. The zero-order chi connectivity index (χ0) is 8.74. The molecule has 64 valence electrons. The van der Waals surface area contributed by atoms with Gasteiger partial charge in [-0.1, -0.05) is 0 Å². The first-order chi connectivity index (χ1) is 5.12. The van der Waals surface area contributed by atoms with Gasteiger partial charge in [0.1, 0.15) is 0 Å². The van der Waals surface area contributed by atoms with E-state index >= 15 is 0 Å². The Labute approximate surface area is 68.8 Å². The Kier molecular flexibility index (Phi) is 4.75. The van der Waals surface area contributed by atoms with Crippen LogP contribution in [0.15, 0.2) is 4.99 Å². The highest BCUT2D eigenvalue weighted by Gasteiger charge is 2.09. The molecule has 0 aliphatic heterocycles. The number of nitrogens with one attached hydrogen (secondary N) is 1. The summed E-state index contributed by atoms with van der Waals surface area (Å²) in [5.41, 5.74) is 0. The van der Waals surface area contributed by atoms with Gasteiger partial charge in [-0.25, -0.2) is 10.4 Å². The third-order valence-electron chi connectivity index (χ3n) is 1.97. The van der Waals surface area contributed by atoms with Gasteiger partial charge in [-0.05, 0) is 6.92 Å². The summed E-state index contributed by atoms with van der Waals surface area (Å²) >= 11 is 0. The van der Waals surface area contributed by atoms with E-state index in [4.69, 9.17) is 5.41 Å². The molecule has 0 saturated heterocycles. The Morgan fingerprint density at radius 1 is 1.45 bits per heavy atom. The van der Waals surface area contributed by atoms with E-state index in [9.17, 15) is 0 Å². The van der Waals surface area contributed by atoms with Gasteiger partial charge in [-0.15, -0.1) is 0 Å². The van der Waals surface area contributed by atoms with Gasteiger partial charge in [0, 0.05) is 6.42 Å². The molecule has 0 rings (SSSR count). The Balaban J connectivity index is 3.45. The lowest BCUT2D eigenvalue weighted by atomic mass is 10.3. The summed E-state index contributed by atoms with van der Waals surface area (Å²) in [4.78, 5) is 3.72. The molecule has 0 bridgehead atoms. The summed E-state index contributed by atoms with van der Waals surface area (Å²) in [7, 11) is 4.41. The van der Waals surface area contributed by atoms with Crippen LogP contribution in [-0.4, -0.2) is 44.2 Å². The molecule has 0 radical (unpaired) electrons. The Morgan fingerprint density at radius 2 is 2.09 bits per heavy atom. The average molecular weight is 156 g/mol. The molecule has 1 N–H and O–H groups in total. The van der Waals surface area contributed by atoms with Gasteiger partial charge >= 0.3 is 0 Å². The van der Waals surface area contributed by atoms with E-state index in [0.29, 0.717) is 0 Å². The molecule has 3 heteroatoms. The van der Waals surface area contributed by atoms with Crippen LogP contribution >= 0.6 is 0 Å².